The molecule has 0 aromatic carbocycles. The summed E-state index contributed by atoms with van der Waals surface area (Å²) in [6.45, 7) is 2.88. The average molecular weight is 283 g/mol. The molecule has 0 amide bonds. The fourth-order valence-electron chi connectivity index (χ4n) is 1.54. The zero-order valence-corrected chi connectivity index (χ0v) is 10.8. The molecule has 0 aliphatic rings. The highest BCUT2D eigenvalue weighted by molar-refractivity contribution is 9.10. The number of aromatic amines is 1. The van der Waals surface area contributed by atoms with Crippen LogP contribution >= 0.6 is 15.9 Å². The minimum absolute atomic E-state index is 0.535. The Hall–Kier alpha value is -0.940. The lowest BCUT2D eigenvalue weighted by Crippen LogP contribution is -2.11. The third kappa shape index (κ3) is 2.59. The fraction of sp³-hybridized carbons (Fsp3) is 0.455. The van der Waals surface area contributed by atoms with E-state index in [2.05, 4.69) is 37.8 Å². The molecule has 2 heterocycles. The highest BCUT2D eigenvalue weighted by atomic mass is 79.9. The molecule has 0 radical (unpaired) electrons. The van der Waals surface area contributed by atoms with Crippen LogP contribution < -0.4 is 5.73 Å². The van der Waals surface area contributed by atoms with Crippen LogP contribution in [0.3, 0.4) is 0 Å². The van der Waals surface area contributed by atoms with Crippen LogP contribution in [0, 0.1) is 5.92 Å². The van der Waals surface area contributed by atoms with Gasteiger partial charge < -0.3 is 10.7 Å². The number of pyridine rings is 1. The second-order valence-corrected chi connectivity index (χ2v) is 5.00. The maximum absolute atomic E-state index is 5.58. The van der Waals surface area contributed by atoms with Crippen molar-refractivity contribution in [1.29, 1.82) is 0 Å². The number of nitrogens with one attached hydrogen (secondary N) is 1. The number of imidazole rings is 1. The Morgan fingerprint density at radius 3 is 3.12 bits per heavy atom. The second kappa shape index (κ2) is 4.93. The van der Waals surface area contributed by atoms with Crippen LogP contribution in [0.4, 0.5) is 0 Å². The zero-order chi connectivity index (χ0) is 11.5. The number of rotatable bonds is 4. The first kappa shape index (κ1) is 11.5. The highest BCUT2D eigenvalue weighted by Gasteiger charge is 2.06. The third-order valence-corrected chi connectivity index (χ3v) is 3.06. The number of fused-ring (bicyclic) bond motifs is 1. The third-order valence-electron chi connectivity index (χ3n) is 2.63. The summed E-state index contributed by atoms with van der Waals surface area (Å²) < 4.78 is 0.963. The summed E-state index contributed by atoms with van der Waals surface area (Å²) >= 11 is 3.39. The van der Waals surface area contributed by atoms with Crippen LogP contribution in [-0.2, 0) is 6.42 Å². The Morgan fingerprint density at radius 2 is 2.38 bits per heavy atom. The SMILES string of the molecule is CC(CN)CCc1nc2ncc(Br)cc2[nH]1. The monoisotopic (exact) mass is 282 g/mol. The fourth-order valence-corrected chi connectivity index (χ4v) is 1.88. The van der Waals surface area contributed by atoms with Gasteiger partial charge in [0.05, 0.1) is 5.52 Å². The van der Waals surface area contributed by atoms with Crippen molar-refractivity contribution in [3.8, 4) is 0 Å². The first-order chi connectivity index (χ1) is 7.69. The normalized spacial score (nSPS) is 13.2. The van der Waals surface area contributed by atoms with E-state index in [1.165, 1.54) is 0 Å². The molecular formula is C11H15BrN4. The van der Waals surface area contributed by atoms with Gasteiger partial charge in [-0.25, -0.2) is 9.97 Å². The van der Waals surface area contributed by atoms with Crippen molar-refractivity contribution in [3.05, 3.63) is 22.6 Å². The number of hydrogen-bond donors (Lipinski definition) is 2. The van der Waals surface area contributed by atoms with Crippen LogP contribution in [0.2, 0.25) is 0 Å². The van der Waals surface area contributed by atoms with Gasteiger partial charge in [0.15, 0.2) is 5.65 Å². The van der Waals surface area contributed by atoms with Crippen molar-refractivity contribution >= 4 is 27.1 Å². The molecule has 16 heavy (non-hydrogen) atoms. The maximum atomic E-state index is 5.58. The predicted molar refractivity (Wildman–Crippen MR) is 68.1 cm³/mol. The molecule has 0 aliphatic heterocycles. The molecule has 0 saturated carbocycles. The van der Waals surface area contributed by atoms with Gasteiger partial charge in [-0.05, 0) is 40.9 Å². The molecule has 1 unspecified atom stereocenters. The minimum atomic E-state index is 0.535. The van der Waals surface area contributed by atoms with Gasteiger partial charge in [0, 0.05) is 17.1 Å². The highest BCUT2D eigenvalue weighted by Crippen LogP contribution is 2.16. The van der Waals surface area contributed by atoms with Gasteiger partial charge in [0.1, 0.15) is 5.82 Å². The van der Waals surface area contributed by atoms with Gasteiger partial charge in [-0.1, -0.05) is 6.92 Å². The first-order valence-corrected chi connectivity index (χ1v) is 6.18. The quantitative estimate of drug-likeness (QED) is 0.904. The molecule has 1 atom stereocenters. The number of aromatic nitrogens is 3. The molecule has 5 heteroatoms. The minimum Gasteiger partial charge on any atom is -0.341 e. The number of hydrogen-bond acceptors (Lipinski definition) is 3. The van der Waals surface area contributed by atoms with Crippen molar-refractivity contribution in [2.75, 3.05) is 6.54 Å². The van der Waals surface area contributed by atoms with Gasteiger partial charge >= 0.3 is 0 Å². The Bertz CT molecular complexity index is 480. The summed E-state index contributed by atoms with van der Waals surface area (Å²) in [4.78, 5) is 11.9. The zero-order valence-electron chi connectivity index (χ0n) is 9.20. The molecule has 0 fully saturated rings. The number of halogens is 1. The Kier molecular flexibility index (Phi) is 3.56. The van der Waals surface area contributed by atoms with Crippen molar-refractivity contribution in [3.63, 3.8) is 0 Å². The summed E-state index contributed by atoms with van der Waals surface area (Å²) in [5, 5.41) is 0. The summed E-state index contributed by atoms with van der Waals surface area (Å²) in [5.74, 6) is 1.52. The lowest BCUT2D eigenvalue weighted by atomic mass is 10.1. The summed E-state index contributed by atoms with van der Waals surface area (Å²) in [5.41, 5.74) is 7.34. The van der Waals surface area contributed by atoms with E-state index in [0.29, 0.717) is 5.92 Å². The predicted octanol–water partition coefficient (Wildman–Crippen LogP) is 2.25. The first-order valence-electron chi connectivity index (χ1n) is 5.39. The molecular weight excluding hydrogens is 268 g/mol. The number of H-pyrrole nitrogens is 1. The molecule has 86 valence electrons. The van der Waals surface area contributed by atoms with Crippen molar-refractivity contribution < 1.29 is 0 Å². The summed E-state index contributed by atoms with van der Waals surface area (Å²) in [6, 6.07) is 1.99. The number of nitrogens with zero attached hydrogens (tertiary/aromatic N) is 2. The molecule has 2 aromatic heterocycles. The Labute approximate surface area is 103 Å². The lowest BCUT2D eigenvalue weighted by Gasteiger charge is -2.04. The van der Waals surface area contributed by atoms with E-state index in [1.54, 1.807) is 6.20 Å². The summed E-state index contributed by atoms with van der Waals surface area (Å²) in [7, 11) is 0. The van der Waals surface area contributed by atoms with Crippen LogP contribution in [0.15, 0.2) is 16.7 Å². The number of nitrogens with two attached hydrogens (primary N) is 1. The molecule has 3 N–H and O–H groups in total. The van der Waals surface area contributed by atoms with Crippen LogP contribution in [0.25, 0.3) is 11.2 Å². The van der Waals surface area contributed by atoms with E-state index in [-0.39, 0.29) is 0 Å². The van der Waals surface area contributed by atoms with E-state index >= 15 is 0 Å². The van der Waals surface area contributed by atoms with E-state index < -0.39 is 0 Å². The van der Waals surface area contributed by atoms with Crippen molar-refractivity contribution in [1.82, 2.24) is 15.0 Å². The molecule has 2 aromatic rings. The smallest absolute Gasteiger partial charge is 0.177 e. The van der Waals surface area contributed by atoms with Gasteiger partial charge in [-0.2, -0.15) is 0 Å². The lowest BCUT2D eigenvalue weighted by molar-refractivity contribution is 0.538. The molecule has 0 saturated heterocycles. The second-order valence-electron chi connectivity index (χ2n) is 4.09. The molecule has 0 spiro atoms. The van der Waals surface area contributed by atoms with Gasteiger partial charge in [-0.15, -0.1) is 0 Å². The standard InChI is InChI=1S/C11H15BrN4/c1-7(5-13)2-3-10-15-9-4-8(12)6-14-11(9)16-10/h4,6-7H,2-3,5,13H2,1H3,(H,14,15,16). The molecule has 4 nitrogen and oxygen atoms in total. The Morgan fingerprint density at radius 1 is 1.56 bits per heavy atom. The van der Waals surface area contributed by atoms with Gasteiger partial charge in [0.2, 0.25) is 0 Å². The van der Waals surface area contributed by atoms with E-state index in [0.717, 1.165) is 40.8 Å². The van der Waals surface area contributed by atoms with Crippen molar-refractivity contribution in [2.45, 2.75) is 19.8 Å². The largest absolute Gasteiger partial charge is 0.341 e. The van der Waals surface area contributed by atoms with Gasteiger partial charge in [-0.3, -0.25) is 0 Å². The molecule has 0 bridgehead atoms. The molecule has 2 rings (SSSR count). The van der Waals surface area contributed by atoms with Crippen LogP contribution in [0.1, 0.15) is 19.2 Å². The van der Waals surface area contributed by atoms with Gasteiger partial charge in [0.25, 0.3) is 0 Å². The maximum Gasteiger partial charge on any atom is 0.177 e. The van der Waals surface area contributed by atoms with E-state index in [9.17, 15) is 0 Å². The summed E-state index contributed by atoms with van der Waals surface area (Å²) in [6.07, 6.45) is 3.74. The molecule has 0 aliphatic carbocycles. The van der Waals surface area contributed by atoms with E-state index in [1.807, 2.05) is 6.07 Å². The van der Waals surface area contributed by atoms with E-state index in [4.69, 9.17) is 5.73 Å². The van der Waals surface area contributed by atoms with Crippen molar-refractivity contribution in [2.24, 2.45) is 11.7 Å². The van der Waals surface area contributed by atoms with Crippen LogP contribution in [0.5, 0.6) is 0 Å². The topological polar surface area (TPSA) is 67.6 Å². The average Bonchev–Trinajstić information content (AvgIpc) is 2.67. The number of aryl methyl sites for hydroxylation is 1. The van der Waals surface area contributed by atoms with Crippen LogP contribution in [-0.4, -0.2) is 21.5 Å². The Balaban J connectivity index is 2.13.